The Labute approximate surface area is 252 Å². The van der Waals surface area contributed by atoms with Crippen LogP contribution in [0, 0.1) is 0 Å². The first-order valence-corrected chi connectivity index (χ1v) is 14.9. The molecule has 0 aliphatic rings. The maximum Gasteiger partial charge on any atom is 0.333 e. The molecule has 4 rings (SSSR count). The minimum absolute atomic E-state index is 0.134. The van der Waals surface area contributed by atoms with E-state index in [0.29, 0.717) is 5.57 Å². The lowest BCUT2D eigenvalue weighted by Crippen LogP contribution is -2.29. The molecule has 3 heteroatoms. The van der Waals surface area contributed by atoms with Gasteiger partial charge in [-0.25, -0.2) is 4.79 Å². The van der Waals surface area contributed by atoms with Crippen molar-refractivity contribution in [1.29, 1.82) is 0 Å². The van der Waals surface area contributed by atoms with E-state index in [2.05, 4.69) is 144 Å². The zero-order valence-corrected chi connectivity index (χ0v) is 25.9. The summed E-state index contributed by atoms with van der Waals surface area (Å²) in [5.74, 6) is 0.0895. The van der Waals surface area contributed by atoms with Crippen molar-refractivity contribution in [2.24, 2.45) is 0 Å². The van der Waals surface area contributed by atoms with Crippen molar-refractivity contribution < 1.29 is 14.3 Å². The van der Waals surface area contributed by atoms with Gasteiger partial charge in [0.25, 0.3) is 0 Å². The van der Waals surface area contributed by atoms with Crippen LogP contribution in [0.25, 0.3) is 0 Å². The highest BCUT2D eigenvalue weighted by Gasteiger charge is 2.33. The lowest BCUT2D eigenvalue weighted by molar-refractivity contribution is -0.142. The summed E-state index contributed by atoms with van der Waals surface area (Å²) in [5, 5.41) is 0. The quantitative estimate of drug-likeness (QED) is 0.0983. The Morgan fingerprint density at radius 3 is 1.48 bits per heavy atom. The smallest absolute Gasteiger partial charge is 0.333 e. The Bertz CT molecular complexity index is 1410. The summed E-state index contributed by atoms with van der Waals surface area (Å²) < 4.78 is 11.9. The van der Waals surface area contributed by atoms with Crippen LogP contribution >= 0.6 is 0 Å². The van der Waals surface area contributed by atoms with Gasteiger partial charge in [-0.3, -0.25) is 0 Å². The summed E-state index contributed by atoms with van der Waals surface area (Å²) in [7, 11) is 0. The molecule has 0 radical (unpaired) electrons. The van der Waals surface area contributed by atoms with E-state index in [1.807, 2.05) is 0 Å². The van der Waals surface area contributed by atoms with E-state index in [0.717, 1.165) is 0 Å². The van der Waals surface area contributed by atoms with Crippen LogP contribution in [-0.2, 0) is 19.9 Å². The van der Waals surface area contributed by atoms with Gasteiger partial charge in [-0.2, -0.15) is 0 Å². The topological polar surface area (TPSA) is 35.5 Å². The fourth-order valence-corrected chi connectivity index (χ4v) is 5.74. The molecule has 0 aromatic heterocycles. The van der Waals surface area contributed by atoms with Crippen molar-refractivity contribution in [3.63, 3.8) is 0 Å². The van der Waals surface area contributed by atoms with Crippen LogP contribution in [0.1, 0.15) is 98.2 Å². The van der Waals surface area contributed by atoms with E-state index >= 15 is 0 Å². The molecule has 218 valence electrons. The second-order valence-electron chi connectivity index (χ2n) is 11.7. The third-order valence-corrected chi connectivity index (χ3v) is 8.28. The molecule has 0 bridgehead atoms. The summed E-state index contributed by atoms with van der Waals surface area (Å²) in [6.07, 6.45) is 0. The lowest BCUT2D eigenvalue weighted by Gasteiger charge is -2.35. The van der Waals surface area contributed by atoms with Gasteiger partial charge in [-0.15, -0.1) is 0 Å². The molecule has 0 fully saturated rings. The monoisotopic (exact) mass is 560 g/mol. The minimum atomic E-state index is -0.652. The standard InChI is InChI=1S/C39H44O3/c1-27(2)38(40)41-23-24-42-39(6,7)37-35(29(4)32-19-13-9-14-20-32)25-34(28(3)31-17-11-8-12-18-31)26-36(37)30(5)33-21-15-10-16-22-33/h8-22,25-26,28-30H,1,23-24H2,2-7H3. The van der Waals surface area contributed by atoms with Crippen LogP contribution in [0.15, 0.2) is 115 Å². The van der Waals surface area contributed by atoms with Gasteiger partial charge in [0.05, 0.1) is 12.2 Å². The molecule has 42 heavy (non-hydrogen) atoms. The number of benzene rings is 4. The average molecular weight is 561 g/mol. The van der Waals surface area contributed by atoms with Crippen molar-refractivity contribution in [2.45, 2.75) is 64.9 Å². The molecule has 3 atom stereocenters. The Balaban J connectivity index is 1.88. The predicted octanol–water partition coefficient (Wildman–Crippen LogP) is 9.51. The Morgan fingerprint density at radius 1 is 0.667 bits per heavy atom. The first-order chi connectivity index (χ1) is 20.1. The number of hydrogen-bond acceptors (Lipinski definition) is 3. The third kappa shape index (κ3) is 7.27. The van der Waals surface area contributed by atoms with E-state index < -0.39 is 11.6 Å². The lowest BCUT2D eigenvalue weighted by atomic mass is 9.74. The maximum absolute atomic E-state index is 12.0. The second kappa shape index (κ2) is 13.8. The minimum Gasteiger partial charge on any atom is -0.460 e. The first kappa shape index (κ1) is 31.0. The van der Waals surface area contributed by atoms with Crippen LogP contribution in [0.5, 0.6) is 0 Å². The molecular formula is C39H44O3. The second-order valence-corrected chi connectivity index (χ2v) is 11.7. The van der Waals surface area contributed by atoms with Gasteiger partial charge in [0.15, 0.2) is 0 Å². The summed E-state index contributed by atoms with van der Waals surface area (Å²) in [4.78, 5) is 12.0. The van der Waals surface area contributed by atoms with Crippen LogP contribution in [0.4, 0.5) is 0 Å². The maximum atomic E-state index is 12.0. The third-order valence-electron chi connectivity index (χ3n) is 8.28. The molecular weight excluding hydrogens is 516 g/mol. The number of hydrogen-bond donors (Lipinski definition) is 0. The number of ether oxygens (including phenoxy) is 2. The van der Waals surface area contributed by atoms with Gasteiger partial charge < -0.3 is 9.47 Å². The van der Waals surface area contributed by atoms with Crippen molar-refractivity contribution in [1.82, 2.24) is 0 Å². The Morgan fingerprint density at radius 2 is 1.07 bits per heavy atom. The van der Waals surface area contributed by atoms with Crippen molar-refractivity contribution in [3.05, 3.63) is 154 Å². The molecule has 3 unspecified atom stereocenters. The van der Waals surface area contributed by atoms with Crippen molar-refractivity contribution in [3.8, 4) is 0 Å². The van der Waals surface area contributed by atoms with Gasteiger partial charge in [0.2, 0.25) is 0 Å². The van der Waals surface area contributed by atoms with Crippen LogP contribution in [0.3, 0.4) is 0 Å². The summed E-state index contributed by atoms with van der Waals surface area (Å²) >= 11 is 0. The number of carbonyl (C=O) groups is 1. The zero-order valence-electron chi connectivity index (χ0n) is 25.9. The van der Waals surface area contributed by atoms with Crippen molar-refractivity contribution in [2.75, 3.05) is 13.2 Å². The molecule has 0 aliphatic carbocycles. The predicted molar refractivity (Wildman–Crippen MR) is 173 cm³/mol. The summed E-state index contributed by atoms with van der Waals surface area (Å²) in [5.41, 5.74) is 8.51. The summed E-state index contributed by atoms with van der Waals surface area (Å²) in [6, 6.07) is 36.8. The molecule has 0 saturated heterocycles. The van der Waals surface area contributed by atoms with Crippen LogP contribution in [0.2, 0.25) is 0 Å². The Kier molecular flexibility index (Phi) is 10.2. The van der Waals surface area contributed by atoms with E-state index in [1.54, 1.807) is 6.92 Å². The molecule has 0 N–H and O–H groups in total. The van der Waals surface area contributed by atoms with Gasteiger partial charge >= 0.3 is 5.97 Å². The SMILES string of the molecule is C=C(C)C(=O)OCCOC(C)(C)c1c(C(C)c2ccccc2)cc(C(C)c2ccccc2)cc1C(C)c1ccccc1. The van der Waals surface area contributed by atoms with Gasteiger partial charge in [-0.1, -0.05) is 130 Å². The molecule has 0 amide bonds. The first-order valence-electron chi connectivity index (χ1n) is 14.9. The average Bonchev–Trinajstić information content (AvgIpc) is 3.02. The molecule has 3 nitrogen and oxygen atoms in total. The normalized spacial score (nSPS) is 13.7. The number of esters is 1. The van der Waals surface area contributed by atoms with E-state index in [9.17, 15) is 4.79 Å². The highest BCUT2D eigenvalue weighted by molar-refractivity contribution is 5.86. The van der Waals surface area contributed by atoms with Crippen molar-refractivity contribution >= 4 is 5.97 Å². The number of carbonyl (C=O) groups excluding carboxylic acids is 1. The molecule has 4 aromatic carbocycles. The highest BCUT2D eigenvalue weighted by Crippen LogP contribution is 2.43. The largest absolute Gasteiger partial charge is 0.460 e. The van der Waals surface area contributed by atoms with E-state index in [1.165, 1.54) is 38.9 Å². The molecule has 0 aliphatic heterocycles. The van der Waals surface area contributed by atoms with E-state index in [-0.39, 0.29) is 31.0 Å². The molecule has 0 saturated carbocycles. The fourth-order valence-electron chi connectivity index (χ4n) is 5.74. The van der Waals surface area contributed by atoms with Crippen LogP contribution in [-0.4, -0.2) is 19.2 Å². The fraction of sp³-hybridized carbons (Fsp3) is 0.308. The number of rotatable bonds is 12. The van der Waals surface area contributed by atoms with Gasteiger partial charge in [-0.05, 0) is 59.7 Å². The Hall–Kier alpha value is -3.95. The molecule has 0 heterocycles. The van der Waals surface area contributed by atoms with E-state index in [4.69, 9.17) is 9.47 Å². The molecule has 4 aromatic rings. The molecule has 0 spiro atoms. The zero-order chi connectivity index (χ0) is 30.3. The highest BCUT2D eigenvalue weighted by atomic mass is 16.6. The van der Waals surface area contributed by atoms with Crippen LogP contribution < -0.4 is 0 Å². The summed E-state index contributed by atoms with van der Waals surface area (Å²) in [6.45, 7) is 16.9. The van der Waals surface area contributed by atoms with Gasteiger partial charge in [0, 0.05) is 23.3 Å². The van der Waals surface area contributed by atoms with Gasteiger partial charge in [0.1, 0.15) is 6.61 Å².